The minimum atomic E-state index is -0.0440. The summed E-state index contributed by atoms with van der Waals surface area (Å²) in [6, 6.07) is 13.3. The van der Waals surface area contributed by atoms with E-state index in [1.807, 2.05) is 43.3 Å². The third kappa shape index (κ3) is 5.27. The predicted molar refractivity (Wildman–Crippen MR) is 94.1 cm³/mol. The Morgan fingerprint density at radius 3 is 2.74 bits per heavy atom. The Kier molecular flexibility index (Phi) is 6.44. The second-order valence-corrected chi connectivity index (χ2v) is 5.66. The quantitative estimate of drug-likeness (QED) is 0.759. The molecular weight excluding hydrogens is 312 g/mol. The van der Waals surface area contributed by atoms with E-state index >= 15 is 0 Å². The number of methoxy groups -OCH3 is 1. The van der Waals surface area contributed by atoms with Gasteiger partial charge >= 0.3 is 0 Å². The number of aryl methyl sites for hydroxylation is 1. The van der Waals surface area contributed by atoms with Crippen LogP contribution in [-0.4, -0.2) is 19.6 Å². The van der Waals surface area contributed by atoms with Gasteiger partial charge in [-0.3, -0.25) is 4.79 Å². The van der Waals surface area contributed by atoms with E-state index in [0.717, 1.165) is 22.6 Å². The number of nitrogens with one attached hydrogen (secondary N) is 2. The fourth-order valence-corrected chi connectivity index (χ4v) is 2.35. The molecular formula is C18H21ClN2O2. The number of carbonyl (C=O) groups is 1. The zero-order valence-corrected chi connectivity index (χ0v) is 14.1. The van der Waals surface area contributed by atoms with E-state index < -0.39 is 0 Å². The monoisotopic (exact) mass is 332 g/mol. The van der Waals surface area contributed by atoms with Gasteiger partial charge in [0.2, 0.25) is 5.91 Å². The fraction of sp³-hybridized carbons (Fsp3) is 0.278. The molecule has 4 nitrogen and oxygen atoms in total. The number of carbonyl (C=O) groups excluding carboxylic acids is 1. The fourth-order valence-electron chi connectivity index (χ4n) is 2.17. The summed E-state index contributed by atoms with van der Waals surface area (Å²) in [7, 11) is 1.65. The molecule has 0 aliphatic heterocycles. The summed E-state index contributed by atoms with van der Waals surface area (Å²) < 4.78 is 5.29. The van der Waals surface area contributed by atoms with Crippen molar-refractivity contribution in [3.63, 3.8) is 0 Å². The number of ether oxygens (including phenoxy) is 1. The molecule has 0 aliphatic carbocycles. The van der Waals surface area contributed by atoms with E-state index in [0.29, 0.717) is 24.5 Å². The molecule has 0 atom stereocenters. The summed E-state index contributed by atoms with van der Waals surface area (Å²) >= 11 is 6.04. The molecule has 0 spiro atoms. The smallest absolute Gasteiger partial charge is 0.225 e. The molecule has 0 aliphatic rings. The Hall–Kier alpha value is -2.04. The van der Waals surface area contributed by atoms with Gasteiger partial charge in [0.05, 0.1) is 7.11 Å². The Labute approximate surface area is 141 Å². The van der Waals surface area contributed by atoms with Crippen LogP contribution in [0.1, 0.15) is 17.5 Å². The summed E-state index contributed by atoms with van der Waals surface area (Å²) in [4.78, 5) is 11.9. The van der Waals surface area contributed by atoms with Crippen molar-refractivity contribution in [2.75, 3.05) is 19.0 Å². The van der Waals surface area contributed by atoms with Gasteiger partial charge in [0.15, 0.2) is 0 Å². The van der Waals surface area contributed by atoms with E-state index in [-0.39, 0.29) is 5.91 Å². The predicted octanol–water partition coefficient (Wildman–Crippen LogP) is 3.78. The van der Waals surface area contributed by atoms with Gasteiger partial charge in [-0.05, 0) is 30.7 Å². The Balaban J connectivity index is 1.75. The lowest BCUT2D eigenvalue weighted by Crippen LogP contribution is -2.21. The lowest BCUT2D eigenvalue weighted by molar-refractivity contribution is -0.116. The van der Waals surface area contributed by atoms with Crippen LogP contribution in [0.15, 0.2) is 42.5 Å². The van der Waals surface area contributed by atoms with Crippen LogP contribution in [0.4, 0.5) is 5.69 Å². The zero-order valence-electron chi connectivity index (χ0n) is 13.4. The molecule has 2 N–H and O–H groups in total. The number of hydrogen-bond donors (Lipinski definition) is 2. The van der Waals surface area contributed by atoms with Crippen molar-refractivity contribution in [2.45, 2.75) is 19.9 Å². The summed E-state index contributed by atoms with van der Waals surface area (Å²) in [6.07, 6.45) is 0.390. The minimum Gasteiger partial charge on any atom is -0.496 e. The molecule has 2 aromatic carbocycles. The van der Waals surface area contributed by atoms with Crippen LogP contribution >= 0.6 is 11.6 Å². The van der Waals surface area contributed by atoms with Crippen LogP contribution < -0.4 is 15.4 Å². The normalized spacial score (nSPS) is 10.4. The molecule has 0 radical (unpaired) electrons. The molecule has 5 heteroatoms. The van der Waals surface area contributed by atoms with Gasteiger partial charge in [-0.2, -0.15) is 0 Å². The molecule has 0 saturated carbocycles. The molecule has 1 amide bonds. The third-order valence-corrected chi connectivity index (χ3v) is 3.90. The van der Waals surface area contributed by atoms with E-state index in [9.17, 15) is 4.79 Å². The molecule has 2 rings (SSSR count). The number of para-hydroxylation sites is 1. The number of amides is 1. The van der Waals surface area contributed by atoms with Crippen molar-refractivity contribution in [3.05, 3.63) is 58.6 Å². The highest BCUT2D eigenvalue weighted by Gasteiger charge is 2.05. The van der Waals surface area contributed by atoms with Gasteiger partial charge < -0.3 is 15.4 Å². The molecule has 122 valence electrons. The van der Waals surface area contributed by atoms with Crippen molar-refractivity contribution in [2.24, 2.45) is 0 Å². The van der Waals surface area contributed by atoms with Gasteiger partial charge in [-0.15, -0.1) is 0 Å². The molecule has 0 heterocycles. The summed E-state index contributed by atoms with van der Waals surface area (Å²) in [5.41, 5.74) is 2.78. The highest BCUT2D eigenvalue weighted by Crippen LogP contribution is 2.20. The van der Waals surface area contributed by atoms with Gasteiger partial charge in [-0.25, -0.2) is 0 Å². The Morgan fingerprint density at radius 2 is 2.00 bits per heavy atom. The average molecular weight is 333 g/mol. The topological polar surface area (TPSA) is 50.4 Å². The Bertz CT molecular complexity index is 674. The van der Waals surface area contributed by atoms with Crippen molar-refractivity contribution in [1.29, 1.82) is 0 Å². The first-order valence-electron chi connectivity index (χ1n) is 7.49. The van der Waals surface area contributed by atoms with Crippen LogP contribution in [0, 0.1) is 6.92 Å². The molecule has 0 aromatic heterocycles. The number of halogens is 1. The number of hydrogen-bond acceptors (Lipinski definition) is 3. The van der Waals surface area contributed by atoms with Crippen LogP contribution in [-0.2, 0) is 11.3 Å². The van der Waals surface area contributed by atoms with Gasteiger partial charge in [-0.1, -0.05) is 35.9 Å². The standard InChI is InChI=1S/C18H21ClN2O2/c1-13-7-8-15(11-16(13)19)21-18(22)9-10-20-12-14-5-3-4-6-17(14)23-2/h3-8,11,20H,9-10,12H2,1-2H3,(H,21,22). The lowest BCUT2D eigenvalue weighted by atomic mass is 10.2. The maximum Gasteiger partial charge on any atom is 0.225 e. The van der Waals surface area contributed by atoms with Crippen molar-refractivity contribution in [3.8, 4) is 5.75 Å². The van der Waals surface area contributed by atoms with Crippen LogP contribution in [0.5, 0.6) is 5.75 Å². The molecule has 0 fully saturated rings. The van der Waals surface area contributed by atoms with E-state index in [1.165, 1.54) is 0 Å². The van der Waals surface area contributed by atoms with Crippen molar-refractivity contribution in [1.82, 2.24) is 5.32 Å². The maximum atomic E-state index is 11.9. The largest absolute Gasteiger partial charge is 0.496 e. The summed E-state index contributed by atoms with van der Waals surface area (Å²) in [5, 5.41) is 6.74. The summed E-state index contributed by atoms with van der Waals surface area (Å²) in [5.74, 6) is 0.802. The second-order valence-electron chi connectivity index (χ2n) is 5.25. The molecule has 2 aromatic rings. The second kappa shape index (κ2) is 8.56. The highest BCUT2D eigenvalue weighted by atomic mass is 35.5. The molecule has 0 bridgehead atoms. The van der Waals surface area contributed by atoms with Crippen LogP contribution in [0.2, 0.25) is 5.02 Å². The maximum absolute atomic E-state index is 11.9. The van der Waals surface area contributed by atoms with Crippen molar-refractivity contribution >= 4 is 23.2 Å². The van der Waals surface area contributed by atoms with E-state index in [1.54, 1.807) is 13.2 Å². The number of rotatable bonds is 7. The number of benzene rings is 2. The molecule has 23 heavy (non-hydrogen) atoms. The summed E-state index contributed by atoms with van der Waals surface area (Å²) in [6.45, 7) is 3.17. The third-order valence-electron chi connectivity index (χ3n) is 3.49. The van der Waals surface area contributed by atoms with Crippen LogP contribution in [0.25, 0.3) is 0 Å². The number of anilines is 1. The van der Waals surface area contributed by atoms with Crippen LogP contribution in [0.3, 0.4) is 0 Å². The van der Waals surface area contributed by atoms with E-state index in [4.69, 9.17) is 16.3 Å². The minimum absolute atomic E-state index is 0.0440. The van der Waals surface area contributed by atoms with Gasteiger partial charge in [0, 0.05) is 35.8 Å². The first-order valence-corrected chi connectivity index (χ1v) is 7.86. The molecule has 0 saturated heterocycles. The SMILES string of the molecule is COc1ccccc1CNCCC(=O)Nc1ccc(C)c(Cl)c1. The van der Waals surface area contributed by atoms with Gasteiger partial charge in [0.25, 0.3) is 0 Å². The Morgan fingerprint density at radius 1 is 1.22 bits per heavy atom. The average Bonchev–Trinajstić information content (AvgIpc) is 2.55. The zero-order chi connectivity index (χ0) is 16.7. The first kappa shape index (κ1) is 17.3. The first-order chi connectivity index (χ1) is 11.1. The lowest BCUT2D eigenvalue weighted by Gasteiger charge is -2.10. The highest BCUT2D eigenvalue weighted by molar-refractivity contribution is 6.31. The van der Waals surface area contributed by atoms with E-state index in [2.05, 4.69) is 10.6 Å². The molecule has 0 unspecified atom stereocenters. The van der Waals surface area contributed by atoms with Crippen molar-refractivity contribution < 1.29 is 9.53 Å². The van der Waals surface area contributed by atoms with Gasteiger partial charge in [0.1, 0.15) is 5.75 Å².